The molecule has 1 aliphatic heterocycles. The smallest absolute Gasteiger partial charge is 0.342 e. The molecule has 9 heteroatoms. The fourth-order valence-electron chi connectivity index (χ4n) is 2.49. The van der Waals surface area contributed by atoms with Gasteiger partial charge in [0.15, 0.2) is 0 Å². The molecule has 1 aromatic heterocycles. The van der Waals surface area contributed by atoms with Gasteiger partial charge >= 0.3 is 5.82 Å². The number of imidazole rings is 1. The predicted octanol–water partition coefficient (Wildman–Crippen LogP) is -0.336. The van der Waals surface area contributed by atoms with Crippen molar-refractivity contribution in [2.75, 3.05) is 7.05 Å². The number of hydrogen-bond donors (Lipinski definition) is 1. The summed E-state index contributed by atoms with van der Waals surface area (Å²) >= 11 is 0. The third-order valence-electron chi connectivity index (χ3n) is 3.39. The van der Waals surface area contributed by atoms with Gasteiger partial charge in [0.25, 0.3) is 5.91 Å². The zero-order valence-corrected chi connectivity index (χ0v) is 10.9. The Kier molecular flexibility index (Phi) is 3.03. The lowest BCUT2D eigenvalue weighted by Gasteiger charge is -2.27. The summed E-state index contributed by atoms with van der Waals surface area (Å²) in [5.41, 5.74) is 4.20. The first-order valence-corrected chi connectivity index (χ1v) is 5.67. The van der Waals surface area contributed by atoms with Crippen LogP contribution >= 0.6 is 0 Å². The number of aromatic nitrogens is 2. The lowest BCUT2D eigenvalue weighted by atomic mass is 9.91. The van der Waals surface area contributed by atoms with Crippen molar-refractivity contribution < 1.29 is 14.6 Å². The van der Waals surface area contributed by atoms with Gasteiger partial charge in [-0.2, -0.15) is 5.06 Å². The first-order chi connectivity index (χ1) is 8.80. The van der Waals surface area contributed by atoms with Gasteiger partial charge in [0.1, 0.15) is 6.20 Å². The lowest BCUT2D eigenvalue weighted by Crippen LogP contribution is -2.50. The molecule has 2 unspecified atom stereocenters. The number of carbonyl (C=O) groups excluding carboxylic acids is 1. The molecule has 19 heavy (non-hydrogen) atoms. The highest BCUT2D eigenvalue weighted by Crippen LogP contribution is 2.39. The van der Waals surface area contributed by atoms with Crippen LogP contribution in [-0.2, 0) is 22.2 Å². The Balaban J connectivity index is 2.59. The van der Waals surface area contributed by atoms with E-state index in [9.17, 15) is 14.9 Å². The number of amides is 1. The van der Waals surface area contributed by atoms with E-state index < -0.39 is 16.4 Å². The molecule has 2 heterocycles. The first kappa shape index (κ1) is 13.4. The quantitative estimate of drug-likeness (QED) is 0.593. The molecule has 0 aromatic carbocycles. The van der Waals surface area contributed by atoms with Gasteiger partial charge in [0.2, 0.25) is 11.4 Å². The summed E-state index contributed by atoms with van der Waals surface area (Å²) in [6.07, 6.45) is 1.17. The van der Waals surface area contributed by atoms with Crippen LogP contribution < -0.4 is 5.73 Å². The molecule has 1 aliphatic rings. The van der Waals surface area contributed by atoms with Crippen LogP contribution in [0.1, 0.15) is 19.2 Å². The van der Waals surface area contributed by atoms with Crippen LogP contribution in [0.25, 0.3) is 0 Å². The number of hydroxylamine groups is 2. The minimum atomic E-state index is -1.29. The van der Waals surface area contributed by atoms with Gasteiger partial charge < -0.3 is 15.8 Å². The van der Waals surface area contributed by atoms with Crippen LogP contribution in [0.4, 0.5) is 5.82 Å². The Labute approximate surface area is 109 Å². The predicted molar refractivity (Wildman–Crippen MR) is 63.7 cm³/mol. The second-order valence-corrected chi connectivity index (χ2v) is 4.60. The molecule has 0 saturated carbocycles. The SMILES string of the molecule is CC1CC(C(N)=O)(c2ncc([N+](=O)[O-])n2C)N(C)O1. The topological polar surface area (TPSA) is 117 Å². The molecule has 2 rings (SSSR count). The number of hydrogen-bond acceptors (Lipinski definition) is 6. The van der Waals surface area contributed by atoms with Crippen molar-refractivity contribution in [1.82, 2.24) is 14.6 Å². The summed E-state index contributed by atoms with van der Waals surface area (Å²) in [7, 11) is 3.04. The zero-order valence-electron chi connectivity index (χ0n) is 10.9. The highest BCUT2D eigenvalue weighted by Gasteiger charge is 2.55. The highest BCUT2D eigenvalue weighted by molar-refractivity contribution is 5.85. The summed E-state index contributed by atoms with van der Waals surface area (Å²) < 4.78 is 1.25. The van der Waals surface area contributed by atoms with Crippen LogP contribution in [0.5, 0.6) is 0 Å². The number of nitrogens with zero attached hydrogens (tertiary/aromatic N) is 4. The van der Waals surface area contributed by atoms with E-state index in [0.717, 1.165) is 6.20 Å². The molecule has 2 N–H and O–H groups in total. The standard InChI is InChI=1S/C10H15N5O4/c1-6-4-10(8(11)16,14(3)19-6)9-12-5-7(13(9)2)15(17)18/h5-6H,4H2,1-3H3,(H2,11,16). The number of nitrogens with two attached hydrogens (primary N) is 1. The number of primary amides is 1. The van der Waals surface area contributed by atoms with E-state index in [1.807, 2.05) is 0 Å². The van der Waals surface area contributed by atoms with E-state index >= 15 is 0 Å². The van der Waals surface area contributed by atoms with E-state index in [4.69, 9.17) is 10.6 Å². The molecule has 0 radical (unpaired) electrons. The van der Waals surface area contributed by atoms with Crippen molar-refractivity contribution in [2.24, 2.45) is 12.8 Å². The van der Waals surface area contributed by atoms with Crippen LogP contribution in [0.15, 0.2) is 6.20 Å². The normalized spacial score (nSPS) is 27.6. The fourth-order valence-corrected chi connectivity index (χ4v) is 2.49. The molecule has 1 saturated heterocycles. The maximum absolute atomic E-state index is 11.9. The molecule has 0 spiro atoms. The van der Waals surface area contributed by atoms with Gasteiger partial charge in [0, 0.05) is 13.5 Å². The minimum absolute atomic E-state index is 0.205. The Morgan fingerprint density at radius 3 is 2.68 bits per heavy atom. The van der Waals surface area contributed by atoms with Gasteiger partial charge in [-0.15, -0.1) is 0 Å². The van der Waals surface area contributed by atoms with Crippen LogP contribution in [0.3, 0.4) is 0 Å². The van der Waals surface area contributed by atoms with Crippen molar-refractivity contribution >= 4 is 11.7 Å². The molecule has 1 amide bonds. The van der Waals surface area contributed by atoms with Crippen LogP contribution in [0, 0.1) is 10.1 Å². The van der Waals surface area contributed by atoms with E-state index in [-0.39, 0.29) is 17.7 Å². The Hall–Kier alpha value is -2.00. The Morgan fingerprint density at radius 2 is 2.32 bits per heavy atom. The van der Waals surface area contributed by atoms with Gasteiger partial charge in [-0.05, 0) is 11.8 Å². The lowest BCUT2D eigenvalue weighted by molar-refractivity contribution is -0.392. The summed E-state index contributed by atoms with van der Waals surface area (Å²) in [6, 6.07) is 0. The average Bonchev–Trinajstić information content (AvgIpc) is 2.80. The first-order valence-electron chi connectivity index (χ1n) is 5.67. The van der Waals surface area contributed by atoms with E-state index in [2.05, 4.69) is 4.98 Å². The van der Waals surface area contributed by atoms with Gasteiger partial charge in [-0.1, -0.05) is 0 Å². The summed E-state index contributed by atoms with van der Waals surface area (Å²) in [5.74, 6) is -0.648. The van der Waals surface area contributed by atoms with Crippen molar-refractivity contribution in [3.05, 3.63) is 22.1 Å². The fraction of sp³-hybridized carbons (Fsp3) is 0.600. The van der Waals surface area contributed by atoms with Crippen LogP contribution in [0.2, 0.25) is 0 Å². The zero-order chi connectivity index (χ0) is 14.4. The van der Waals surface area contributed by atoms with Crippen molar-refractivity contribution in [3.8, 4) is 0 Å². The van der Waals surface area contributed by atoms with Gasteiger partial charge in [-0.3, -0.25) is 9.63 Å². The van der Waals surface area contributed by atoms with Crippen molar-refractivity contribution in [3.63, 3.8) is 0 Å². The van der Waals surface area contributed by atoms with E-state index in [1.165, 1.54) is 16.7 Å². The largest absolute Gasteiger partial charge is 0.367 e. The Morgan fingerprint density at radius 1 is 1.68 bits per heavy atom. The second kappa shape index (κ2) is 4.28. The molecular formula is C10H15N5O4. The molecule has 1 aromatic rings. The monoisotopic (exact) mass is 269 g/mol. The summed E-state index contributed by atoms with van der Waals surface area (Å²) in [6.45, 7) is 1.79. The third kappa shape index (κ3) is 1.78. The van der Waals surface area contributed by atoms with Crippen LogP contribution in [-0.4, -0.2) is 38.6 Å². The number of likely N-dealkylation sites (N-methyl/N-ethyl adjacent to an activating group) is 1. The molecule has 9 nitrogen and oxygen atoms in total. The summed E-state index contributed by atoms with van der Waals surface area (Å²) in [5, 5.41) is 12.2. The molecule has 1 fully saturated rings. The van der Waals surface area contributed by atoms with Crippen molar-refractivity contribution in [1.29, 1.82) is 0 Å². The molecule has 2 atom stereocenters. The molecular weight excluding hydrogens is 254 g/mol. The second-order valence-electron chi connectivity index (χ2n) is 4.60. The number of rotatable bonds is 3. The Bertz CT molecular complexity index is 542. The summed E-state index contributed by atoms with van der Waals surface area (Å²) in [4.78, 5) is 31.6. The minimum Gasteiger partial charge on any atom is -0.367 e. The van der Waals surface area contributed by atoms with E-state index in [0.29, 0.717) is 6.42 Å². The maximum atomic E-state index is 11.9. The average molecular weight is 269 g/mol. The van der Waals surface area contributed by atoms with Crippen molar-refractivity contribution in [2.45, 2.75) is 25.0 Å². The maximum Gasteiger partial charge on any atom is 0.342 e. The molecule has 0 aliphatic carbocycles. The number of carbonyl (C=O) groups is 1. The number of nitro groups is 1. The third-order valence-corrected chi connectivity index (χ3v) is 3.39. The van der Waals surface area contributed by atoms with E-state index in [1.54, 1.807) is 14.0 Å². The molecule has 0 bridgehead atoms. The van der Waals surface area contributed by atoms with Gasteiger partial charge in [-0.25, -0.2) is 9.55 Å². The highest BCUT2D eigenvalue weighted by atomic mass is 16.7. The molecule has 104 valence electrons. The van der Waals surface area contributed by atoms with Gasteiger partial charge in [0.05, 0.1) is 13.2 Å².